The van der Waals surface area contributed by atoms with E-state index in [9.17, 15) is 4.79 Å². The number of hydrogen-bond acceptors (Lipinski definition) is 2. The van der Waals surface area contributed by atoms with Gasteiger partial charge in [-0.25, -0.2) is 9.78 Å². The Kier molecular flexibility index (Phi) is 3.43. The molecule has 2 heterocycles. The molecule has 2 amide bonds. The van der Waals surface area contributed by atoms with Gasteiger partial charge in [0.2, 0.25) is 0 Å². The van der Waals surface area contributed by atoms with E-state index in [1.807, 2.05) is 48.6 Å². The summed E-state index contributed by atoms with van der Waals surface area (Å²) < 4.78 is 2.08. The largest absolute Gasteiger partial charge is 0.338 e. The lowest BCUT2D eigenvalue weighted by molar-refractivity contribution is 0.230. The van der Waals surface area contributed by atoms with E-state index < -0.39 is 0 Å². The molecule has 0 radical (unpaired) electrons. The van der Waals surface area contributed by atoms with E-state index in [-0.39, 0.29) is 17.5 Å². The van der Waals surface area contributed by atoms with Crippen LogP contribution in [0.2, 0.25) is 0 Å². The molecule has 5 heteroatoms. The molecule has 0 aliphatic carbocycles. The third-order valence-corrected chi connectivity index (χ3v) is 3.97. The van der Waals surface area contributed by atoms with Gasteiger partial charge in [-0.3, -0.25) is 9.47 Å². The van der Waals surface area contributed by atoms with Crippen LogP contribution < -0.4 is 10.2 Å². The molecule has 116 valence electrons. The fourth-order valence-corrected chi connectivity index (χ4v) is 3.15. The topological polar surface area (TPSA) is 50.2 Å². The zero-order valence-electron chi connectivity index (χ0n) is 13.5. The van der Waals surface area contributed by atoms with Crippen molar-refractivity contribution in [2.24, 2.45) is 5.41 Å². The maximum absolute atomic E-state index is 12.7. The van der Waals surface area contributed by atoms with Crippen molar-refractivity contribution in [2.75, 3.05) is 11.4 Å². The standard InChI is InChI=1S/C17H22N4O/c1-5-19-16(22)21-13-9-7-6-8-12(13)20-11-18-10-14(20)15(21)17(2,3)4/h6-11,15H,5H2,1-4H3,(H,19,22). The van der Waals surface area contributed by atoms with Crippen LogP contribution in [0.4, 0.5) is 10.5 Å². The fraction of sp³-hybridized carbons (Fsp3) is 0.412. The van der Waals surface area contributed by atoms with Crippen molar-refractivity contribution in [1.29, 1.82) is 0 Å². The molecule has 1 aromatic heterocycles. The zero-order valence-corrected chi connectivity index (χ0v) is 13.5. The third-order valence-electron chi connectivity index (χ3n) is 3.97. The monoisotopic (exact) mass is 298 g/mol. The van der Waals surface area contributed by atoms with Crippen molar-refractivity contribution in [1.82, 2.24) is 14.9 Å². The normalized spacial score (nSPS) is 16.9. The van der Waals surface area contributed by atoms with Crippen molar-refractivity contribution in [3.63, 3.8) is 0 Å². The molecule has 5 nitrogen and oxygen atoms in total. The minimum Gasteiger partial charge on any atom is -0.338 e. The van der Waals surface area contributed by atoms with Gasteiger partial charge < -0.3 is 5.32 Å². The van der Waals surface area contributed by atoms with Crippen molar-refractivity contribution >= 4 is 11.7 Å². The molecule has 0 spiro atoms. The van der Waals surface area contributed by atoms with Crippen molar-refractivity contribution in [3.05, 3.63) is 42.5 Å². The molecule has 1 aromatic carbocycles. The van der Waals surface area contributed by atoms with Gasteiger partial charge in [0.25, 0.3) is 0 Å². The van der Waals surface area contributed by atoms with E-state index in [1.54, 1.807) is 0 Å². The highest BCUT2D eigenvalue weighted by Crippen LogP contribution is 2.46. The number of imidazole rings is 1. The van der Waals surface area contributed by atoms with Crippen molar-refractivity contribution in [2.45, 2.75) is 33.7 Å². The van der Waals surface area contributed by atoms with Gasteiger partial charge in [-0.2, -0.15) is 0 Å². The van der Waals surface area contributed by atoms with E-state index in [0.29, 0.717) is 6.54 Å². The molecule has 1 aliphatic heterocycles. The fourth-order valence-electron chi connectivity index (χ4n) is 3.15. The molecule has 1 atom stereocenters. The number of fused-ring (bicyclic) bond motifs is 3. The number of para-hydroxylation sites is 2. The molecule has 2 aromatic rings. The second-order valence-corrected chi connectivity index (χ2v) is 6.65. The second-order valence-electron chi connectivity index (χ2n) is 6.65. The first-order valence-electron chi connectivity index (χ1n) is 7.64. The summed E-state index contributed by atoms with van der Waals surface area (Å²) in [5.74, 6) is 0. The maximum atomic E-state index is 12.7. The Bertz CT molecular complexity index is 699. The van der Waals surface area contributed by atoms with E-state index in [1.165, 1.54) is 0 Å². The Morgan fingerprint density at radius 2 is 1.95 bits per heavy atom. The minimum atomic E-state index is -0.115. The van der Waals surface area contributed by atoms with Gasteiger partial charge in [0, 0.05) is 6.54 Å². The number of amides is 2. The van der Waals surface area contributed by atoms with Crippen molar-refractivity contribution < 1.29 is 4.79 Å². The number of aromatic nitrogens is 2. The molecular formula is C17H22N4O. The summed E-state index contributed by atoms with van der Waals surface area (Å²) in [5.41, 5.74) is 2.83. The molecule has 1 N–H and O–H groups in total. The molecule has 22 heavy (non-hydrogen) atoms. The lowest BCUT2D eigenvalue weighted by Crippen LogP contribution is -2.49. The third kappa shape index (κ3) is 2.17. The summed E-state index contributed by atoms with van der Waals surface area (Å²) in [6, 6.07) is 7.82. The second kappa shape index (κ2) is 5.16. The molecule has 0 saturated heterocycles. The smallest absolute Gasteiger partial charge is 0.322 e. The Morgan fingerprint density at radius 1 is 1.27 bits per heavy atom. The highest BCUT2D eigenvalue weighted by atomic mass is 16.2. The highest BCUT2D eigenvalue weighted by Gasteiger charge is 2.41. The number of carbonyl (C=O) groups is 1. The number of nitrogens with zero attached hydrogens (tertiary/aromatic N) is 3. The molecular weight excluding hydrogens is 276 g/mol. The van der Waals surface area contributed by atoms with Gasteiger partial charge >= 0.3 is 6.03 Å². The maximum Gasteiger partial charge on any atom is 0.322 e. The Hall–Kier alpha value is -2.30. The molecule has 1 aliphatic rings. The lowest BCUT2D eigenvalue weighted by Gasteiger charge is -2.44. The number of hydrogen-bond donors (Lipinski definition) is 1. The zero-order chi connectivity index (χ0) is 15.9. The average Bonchev–Trinajstić information content (AvgIpc) is 2.94. The summed E-state index contributed by atoms with van der Waals surface area (Å²) in [6.07, 6.45) is 3.68. The van der Waals surface area contributed by atoms with Crippen LogP contribution in [-0.4, -0.2) is 22.1 Å². The summed E-state index contributed by atoms with van der Waals surface area (Å²) in [5, 5.41) is 2.94. The van der Waals surface area contributed by atoms with Crippen LogP contribution >= 0.6 is 0 Å². The number of benzene rings is 1. The number of carbonyl (C=O) groups excluding carboxylic acids is 1. The van der Waals surface area contributed by atoms with Gasteiger partial charge in [0.05, 0.1) is 35.6 Å². The number of anilines is 1. The Labute approximate surface area is 131 Å². The van der Waals surface area contributed by atoms with E-state index >= 15 is 0 Å². The lowest BCUT2D eigenvalue weighted by atomic mass is 9.82. The van der Waals surface area contributed by atoms with Crippen molar-refractivity contribution in [3.8, 4) is 5.69 Å². The van der Waals surface area contributed by atoms with Crippen LogP contribution in [0, 0.1) is 5.41 Å². The van der Waals surface area contributed by atoms with E-state index in [0.717, 1.165) is 17.1 Å². The predicted molar refractivity (Wildman–Crippen MR) is 87.3 cm³/mol. The van der Waals surface area contributed by atoms with Crippen LogP contribution in [0.1, 0.15) is 39.4 Å². The van der Waals surface area contributed by atoms with Crippen LogP contribution in [-0.2, 0) is 0 Å². The number of rotatable bonds is 1. The van der Waals surface area contributed by atoms with E-state index in [4.69, 9.17) is 0 Å². The number of nitrogens with one attached hydrogen (secondary N) is 1. The van der Waals surface area contributed by atoms with Gasteiger partial charge in [0.1, 0.15) is 0 Å². The Morgan fingerprint density at radius 3 is 2.59 bits per heavy atom. The number of urea groups is 1. The first-order valence-corrected chi connectivity index (χ1v) is 7.64. The first kappa shape index (κ1) is 14.6. The highest BCUT2D eigenvalue weighted by molar-refractivity contribution is 5.96. The van der Waals surface area contributed by atoms with Gasteiger partial charge in [-0.1, -0.05) is 32.9 Å². The SMILES string of the molecule is CCNC(=O)N1c2ccccc2-n2cncc2C1C(C)(C)C. The molecule has 0 saturated carbocycles. The molecule has 1 unspecified atom stereocenters. The summed E-state index contributed by atoms with van der Waals surface area (Å²) in [6.45, 7) is 8.98. The van der Waals surface area contributed by atoms with E-state index in [2.05, 4.69) is 35.6 Å². The Balaban J connectivity index is 2.23. The summed E-state index contributed by atoms with van der Waals surface area (Å²) >= 11 is 0. The van der Waals surface area contributed by atoms with Crippen LogP contribution in [0.3, 0.4) is 0 Å². The first-order chi connectivity index (χ1) is 10.4. The molecule has 0 fully saturated rings. The minimum absolute atomic E-state index is 0.0673. The van der Waals surface area contributed by atoms with Crippen LogP contribution in [0.15, 0.2) is 36.8 Å². The predicted octanol–water partition coefficient (Wildman–Crippen LogP) is 3.51. The van der Waals surface area contributed by atoms with Gasteiger partial charge in [-0.15, -0.1) is 0 Å². The molecule has 0 bridgehead atoms. The van der Waals surface area contributed by atoms with Crippen LogP contribution in [0.5, 0.6) is 0 Å². The summed E-state index contributed by atoms with van der Waals surface area (Å²) in [7, 11) is 0. The molecule has 3 rings (SSSR count). The summed E-state index contributed by atoms with van der Waals surface area (Å²) in [4.78, 5) is 18.9. The van der Waals surface area contributed by atoms with Crippen LogP contribution in [0.25, 0.3) is 5.69 Å². The van der Waals surface area contributed by atoms with Gasteiger partial charge in [0.15, 0.2) is 0 Å². The van der Waals surface area contributed by atoms with Gasteiger partial charge in [-0.05, 0) is 24.5 Å². The quantitative estimate of drug-likeness (QED) is 0.876. The average molecular weight is 298 g/mol.